The average molecular weight is 656 g/mol. The summed E-state index contributed by atoms with van der Waals surface area (Å²) in [5.74, 6) is -2.15. The molecule has 12 nitrogen and oxygen atoms in total. The molecule has 0 aliphatic carbocycles. The van der Waals surface area contributed by atoms with E-state index >= 15 is 0 Å². The molecule has 3 amide bonds. The third-order valence-electron chi connectivity index (χ3n) is 8.37. The summed E-state index contributed by atoms with van der Waals surface area (Å²) in [6.07, 6.45) is 6.14. The van der Waals surface area contributed by atoms with E-state index < -0.39 is 17.6 Å². The average Bonchev–Trinajstić information content (AvgIpc) is 3.77. The Morgan fingerprint density at radius 3 is 2.77 bits per heavy atom. The quantitative estimate of drug-likeness (QED) is 0.277. The molecule has 1 aromatic carbocycles. The van der Waals surface area contributed by atoms with Crippen molar-refractivity contribution >= 4 is 40.5 Å². The number of aromatic nitrogens is 4. The number of ether oxygens (including phenoxy) is 1. The lowest BCUT2D eigenvalue weighted by Crippen LogP contribution is -2.34. The molecule has 244 valence electrons. The van der Waals surface area contributed by atoms with Crippen LogP contribution in [0.15, 0.2) is 60.2 Å². The molecule has 1 fully saturated rings. The maximum Gasteiger partial charge on any atom is 0.275 e. The van der Waals surface area contributed by atoms with Crippen LogP contribution in [0.2, 0.25) is 0 Å². The van der Waals surface area contributed by atoms with Crippen LogP contribution in [0.4, 0.5) is 5.69 Å². The van der Waals surface area contributed by atoms with Crippen LogP contribution in [0.25, 0.3) is 10.6 Å². The number of thiazole rings is 1. The Bertz CT molecular complexity index is 1730. The summed E-state index contributed by atoms with van der Waals surface area (Å²) in [7, 11) is 0. The summed E-state index contributed by atoms with van der Waals surface area (Å²) in [5.41, 5.74) is 3.21. The second kappa shape index (κ2) is 15.2. The standard InChI is InChI=1S/C34H37N7O5S/c42-29-18-23(8-9-30(43)37-19-22-5-2-1-3-6-22)32(44)36-13-4-7-25-17-24(10-14-35-25)34-39-28(21-47-34)33(45)38-27-20-41(40-31(27)29)26-11-15-46-16-12-26/h1-3,5-6,10,14,17,20-21,23,26H,4,7-9,11-13,15-16,18-19H2,(H,36,44)(H,37,43)(H,38,45). The van der Waals surface area contributed by atoms with Crippen molar-refractivity contribution < 1.29 is 23.9 Å². The number of benzene rings is 1. The van der Waals surface area contributed by atoms with Gasteiger partial charge in [-0.15, -0.1) is 11.3 Å². The minimum absolute atomic E-state index is 0.00160. The summed E-state index contributed by atoms with van der Waals surface area (Å²) < 4.78 is 7.22. The second-order valence-corrected chi connectivity index (χ2v) is 12.6. The molecular weight excluding hydrogens is 618 g/mol. The van der Waals surface area contributed by atoms with E-state index in [1.165, 1.54) is 11.3 Å². The molecule has 1 unspecified atom stereocenters. The van der Waals surface area contributed by atoms with E-state index in [1.807, 2.05) is 42.5 Å². The number of aryl methyl sites for hydroxylation is 1. The lowest BCUT2D eigenvalue weighted by Gasteiger charge is -2.22. The molecule has 1 saturated heterocycles. The molecule has 6 rings (SSSR count). The number of nitrogens with one attached hydrogen (secondary N) is 3. The highest BCUT2D eigenvalue weighted by Gasteiger charge is 2.29. The molecule has 4 bridgehead atoms. The van der Waals surface area contributed by atoms with Gasteiger partial charge in [-0.05, 0) is 49.8 Å². The van der Waals surface area contributed by atoms with Gasteiger partial charge in [-0.1, -0.05) is 30.3 Å². The van der Waals surface area contributed by atoms with Gasteiger partial charge in [0.1, 0.15) is 10.7 Å². The molecule has 2 aliphatic heterocycles. The zero-order valence-electron chi connectivity index (χ0n) is 25.9. The first-order valence-electron chi connectivity index (χ1n) is 15.9. The first-order valence-corrected chi connectivity index (χ1v) is 16.8. The molecule has 5 heterocycles. The third-order valence-corrected chi connectivity index (χ3v) is 9.26. The van der Waals surface area contributed by atoms with Gasteiger partial charge in [0.15, 0.2) is 11.5 Å². The van der Waals surface area contributed by atoms with Gasteiger partial charge >= 0.3 is 0 Å². The maximum atomic E-state index is 13.9. The Morgan fingerprint density at radius 1 is 1.11 bits per heavy atom. The normalized spacial score (nSPS) is 18.0. The summed E-state index contributed by atoms with van der Waals surface area (Å²) in [5, 5.41) is 15.7. The van der Waals surface area contributed by atoms with Crippen LogP contribution in [0, 0.1) is 5.92 Å². The number of amides is 3. The number of carbonyl (C=O) groups is 4. The van der Waals surface area contributed by atoms with Gasteiger partial charge in [0.2, 0.25) is 11.8 Å². The van der Waals surface area contributed by atoms with Gasteiger partial charge in [-0.25, -0.2) is 4.98 Å². The Morgan fingerprint density at radius 2 is 1.94 bits per heavy atom. The van der Waals surface area contributed by atoms with E-state index in [2.05, 4.69) is 31.0 Å². The van der Waals surface area contributed by atoms with Gasteiger partial charge in [0.25, 0.3) is 5.91 Å². The van der Waals surface area contributed by atoms with Crippen molar-refractivity contribution in [2.75, 3.05) is 25.1 Å². The lowest BCUT2D eigenvalue weighted by atomic mass is 9.94. The zero-order valence-corrected chi connectivity index (χ0v) is 26.8. The Balaban J connectivity index is 1.25. The minimum atomic E-state index is -0.775. The highest BCUT2D eigenvalue weighted by molar-refractivity contribution is 7.13. The van der Waals surface area contributed by atoms with Crippen molar-refractivity contribution in [1.29, 1.82) is 0 Å². The van der Waals surface area contributed by atoms with E-state index in [1.54, 1.807) is 22.5 Å². The van der Waals surface area contributed by atoms with Crippen molar-refractivity contribution in [3.05, 3.63) is 82.9 Å². The number of anilines is 1. The summed E-state index contributed by atoms with van der Waals surface area (Å²) >= 11 is 1.35. The molecule has 47 heavy (non-hydrogen) atoms. The highest BCUT2D eigenvalue weighted by Crippen LogP contribution is 2.28. The van der Waals surface area contributed by atoms with Crippen LogP contribution in [0.5, 0.6) is 0 Å². The number of nitrogens with zero attached hydrogens (tertiary/aromatic N) is 4. The predicted molar refractivity (Wildman–Crippen MR) is 176 cm³/mol. The zero-order chi connectivity index (χ0) is 32.6. The van der Waals surface area contributed by atoms with Crippen molar-refractivity contribution in [3.63, 3.8) is 0 Å². The Hall–Kier alpha value is -4.75. The van der Waals surface area contributed by atoms with Crippen LogP contribution in [0.3, 0.4) is 0 Å². The summed E-state index contributed by atoms with van der Waals surface area (Å²) in [4.78, 5) is 62.6. The number of carbonyl (C=O) groups excluding carboxylic acids is 4. The maximum absolute atomic E-state index is 13.9. The number of fused-ring (bicyclic) bond motifs is 6. The lowest BCUT2D eigenvalue weighted by molar-refractivity contribution is -0.126. The topological polar surface area (TPSA) is 157 Å². The molecular formula is C34H37N7O5S. The predicted octanol–water partition coefficient (Wildman–Crippen LogP) is 4.35. The fourth-order valence-corrected chi connectivity index (χ4v) is 6.53. The monoisotopic (exact) mass is 655 g/mol. The van der Waals surface area contributed by atoms with Crippen LogP contribution in [-0.4, -0.2) is 63.0 Å². The highest BCUT2D eigenvalue weighted by atomic mass is 32.1. The molecule has 0 saturated carbocycles. The van der Waals surface area contributed by atoms with Crippen molar-refractivity contribution in [1.82, 2.24) is 30.4 Å². The number of pyridine rings is 1. The SMILES string of the molecule is O=C(CCC1CC(=O)c2nn(C3CCOCC3)cc2NC(=O)c2csc(n2)-c2ccnc(c2)CCCNC1=O)NCc1ccccc1. The van der Waals surface area contributed by atoms with E-state index in [9.17, 15) is 19.2 Å². The minimum Gasteiger partial charge on any atom is -0.381 e. The van der Waals surface area contributed by atoms with E-state index in [0.29, 0.717) is 44.2 Å². The van der Waals surface area contributed by atoms with Crippen molar-refractivity contribution in [3.8, 4) is 10.6 Å². The molecule has 0 spiro atoms. The van der Waals surface area contributed by atoms with E-state index in [4.69, 9.17) is 4.74 Å². The number of ketones is 1. The van der Waals surface area contributed by atoms with Crippen molar-refractivity contribution in [2.24, 2.45) is 5.92 Å². The number of hydrogen-bond acceptors (Lipinski definition) is 9. The van der Waals surface area contributed by atoms with Crippen LogP contribution in [0.1, 0.15) is 76.8 Å². The van der Waals surface area contributed by atoms with Gasteiger partial charge in [0, 0.05) is 74.1 Å². The molecule has 3 N–H and O–H groups in total. The molecule has 13 heteroatoms. The van der Waals surface area contributed by atoms with Crippen LogP contribution >= 0.6 is 11.3 Å². The van der Waals surface area contributed by atoms with Crippen LogP contribution in [-0.2, 0) is 27.3 Å². The number of hydrogen-bond donors (Lipinski definition) is 3. The molecule has 4 aromatic rings. The Kier molecular flexibility index (Phi) is 10.4. The smallest absolute Gasteiger partial charge is 0.275 e. The van der Waals surface area contributed by atoms with Crippen molar-refractivity contribution in [2.45, 2.75) is 57.5 Å². The van der Waals surface area contributed by atoms with Gasteiger partial charge in [-0.2, -0.15) is 5.10 Å². The third kappa shape index (κ3) is 8.35. The first kappa shape index (κ1) is 32.2. The number of Topliss-reactive ketones (excluding diaryl/α,β-unsaturated/α-hetero) is 1. The largest absolute Gasteiger partial charge is 0.381 e. The first-order chi connectivity index (χ1) is 22.9. The van der Waals surface area contributed by atoms with E-state index in [-0.39, 0.29) is 54.2 Å². The molecule has 2 aliphatic rings. The molecule has 3 aromatic heterocycles. The fraction of sp³-hybridized carbons (Fsp3) is 0.382. The fourth-order valence-electron chi connectivity index (χ4n) is 5.73. The number of rotatable bonds is 6. The van der Waals surface area contributed by atoms with Gasteiger partial charge < -0.3 is 20.7 Å². The van der Waals surface area contributed by atoms with Gasteiger partial charge in [-0.3, -0.25) is 28.8 Å². The summed E-state index contributed by atoms with van der Waals surface area (Å²) in [6.45, 7) is 1.90. The van der Waals surface area contributed by atoms with Gasteiger partial charge in [0.05, 0.1) is 11.7 Å². The Labute approximate surface area is 276 Å². The van der Waals surface area contributed by atoms with Crippen LogP contribution < -0.4 is 16.0 Å². The molecule has 0 radical (unpaired) electrons. The second-order valence-electron chi connectivity index (χ2n) is 11.8. The molecule has 1 atom stereocenters. The van der Waals surface area contributed by atoms with E-state index in [0.717, 1.165) is 29.7 Å². The summed E-state index contributed by atoms with van der Waals surface area (Å²) in [6, 6.07) is 13.4.